The molecule has 5 unspecified atom stereocenters. The number of ether oxygens (including phenoxy) is 2. The summed E-state index contributed by atoms with van der Waals surface area (Å²) in [5.41, 5.74) is 2.15. The lowest BCUT2D eigenvalue weighted by atomic mass is 9.66. The van der Waals surface area contributed by atoms with Crippen LogP contribution in [-0.4, -0.2) is 24.0 Å². The molecule has 0 radical (unpaired) electrons. The Labute approximate surface area is 117 Å². The van der Waals surface area contributed by atoms with Crippen LogP contribution >= 0.6 is 0 Å². The van der Waals surface area contributed by atoms with E-state index in [1.165, 1.54) is 17.9 Å². The molecular formula is C16H18O4. The Morgan fingerprint density at radius 3 is 2.85 bits per heavy atom. The lowest BCUT2D eigenvalue weighted by Gasteiger charge is -2.47. The third-order valence-corrected chi connectivity index (χ3v) is 5.37. The van der Waals surface area contributed by atoms with Crippen molar-refractivity contribution in [3.05, 3.63) is 23.5 Å². The van der Waals surface area contributed by atoms with Crippen molar-refractivity contribution in [1.82, 2.24) is 0 Å². The van der Waals surface area contributed by atoms with Gasteiger partial charge in [0.2, 0.25) is 0 Å². The van der Waals surface area contributed by atoms with Gasteiger partial charge in [0.1, 0.15) is 12.2 Å². The van der Waals surface area contributed by atoms with Crippen LogP contribution in [0.2, 0.25) is 0 Å². The fourth-order valence-electron chi connectivity index (χ4n) is 4.41. The van der Waals surface area contributed by atoms with Crippen molar-refractivity contribution in [1.29, 1.82) is 0 Å². The largest absolute Gasteiger partial charge is 0.497 e. The van der Waals surface area contributed by atoms with Gasteiger partial charge in [-0.05, 0) is 25.7 Å². The van der Waals surface area contributed by atoms with E-state index in [-0.39, 0.29) is 41.7 Å². The van der Waals surface area contributed by atoms with Crippen molar-refractivity contribution < 1.29 is 19.1 Å². The first-order chi connectivity index (χ1) is 9.66. The second kappa shape index (κ2) is 4.21. The molecule has 4 rings (SSSR count). The third-order valence-electron chi connectivity index (χ3n) is 5.37. The van der Waals surface area contributed by atoms with Gasteiger partial charge in [-0.1, -0.05) is 12.5 Å². The predicted octanol–water partition coefficient (Wildman–Crippen LogP) is 2.15. The van der Waals surface area contributed by atoms with Gasteiger partial charge in [0.05, 0.1) is 12.2 Å². The molecule has 4 nitrogen and oxygen atoms in total. The minimum atomic E-state index is -0.148. The highest BCUT2D eigenvalue weighted by Crippen LogP contribution is 2.49. The summed E-state index contributed by atoms with van der Waals surface area (Å²) in [5.74, 6) is 0.222. The van der Waals surface area contributed by atoms with Crippen LogP contribution in [0.1, 0.15) is 32.6 Å². The Kier molecular flexibility index (Phi) is 2.56. The first-order valence-electron chi connectivity index (χ1n) is 7.45. The molecule has 106 valence electrons. The monoisotopic (exact) mass is 274 g/mol. The van der Waals surface area contributed by atoms with Crippen LogP contribution in [0.25, 0.3) is 0 Å². The number of esters is 1. The van der Waals surface area contributed by atoms with Crippen LogP contribution < -0.4 is 0 Å². The van der Waals surface area contributed by atoms with Crippen molar-refractivity contribution in [2.45, 2.75) is 44.8 Å². The van der Waals surface area contributed by atoms with Crippen molar-refractivity contribution in [3.63, 3.8) is 0 Å². The molecular weight excluding hydrogens is 256 g/mol. The van der Waals surface area contributed by atoms with Gasteiger partial charge in [-0.3, -0.25) is 4.79 Å². The smallest absolute Gasteiger partial charge is 0.334 e. The Morgan fingerprint density at radius 2 is 2.00 bits per heavy atom. The van der Waals surface area contributed by atoms with Gasteiger partial charge in [-0.25, -0.2) is 4.79 Å². The number of fused-ring (bicyclic) bond motifs is 3. The highest BCUT2D eigenvalue weighted by Gasteiger charge is 2.52. The molecule has 4 heteroatoms. The first kappa shape index (κ1) is 12.2. The molecule has 0 aromatic rings. The quantitative estimate of drug-likeness (QED) is 0.635. The molecule has 0 amide bonds. The van der Waals surface area contributed by atoms with E-state index in [0.717, 1.165) is 31.3 Å². The minimum absolute atomic E-state index is 0.0613. The molecule has 1 fully saturated rings. The van der Waals surface area contributed by atoms with E-state index in [0.29, 0.717) is 0 Å². The van der Waals surface area contributed by atoms with Gasteiger partial charge in [0, 0.05) is 23.5 Å². The lowest BCUT2D eigenvalue weighted by molar-refractivity contribution is -0.165. The zero-order valence-corrected chi connectivity index (χ0v) is 11.5. The van der Waals surface area contributed by atoms with Crippen molar-refractivity contribution in [2.24, 2.45) is 17.8 Å². The van der Waals surface area contributed by atoms with E-state index >= 15 is 0 Å². The Hall–Kier alpha value is -1.58. The van der Waals surface area contributed by atoms with E-state index in [4.69, 9.17) is 9.47 Å². The number of allylic oxidation sites excluding steroid dienone is 1. The third kappa shape index (κ3) is 1.54. The number of hydrogen-bond donors (Lipinski definition) is 0. The van der Waals surface area contributed by atoms with Crippen LogP contribution in [0.15, 0.2) is 23.5 Å². The van der Waals surface area contributed by atoms with E-state index in [1.807, 2.05) is 6.92 Å². The molecule has 0 bridgehead atoms. The molecule has 0 N–H and O–H groups in total. The summed E-state index contributed by atoms with van der Waals surface area (Å²) in [6.07, 6.45) is 6.37. The Morgan fingerprint density at radius 1 is 1.15 bits per heavy atom. The van der Waals surface area contributed by atoms with Crippen LogP contribution in [0.4, 0.5) is 0 Å². The molecule has 2 heterocycles. The zero-order chi connectivity index (χ0) is 13.9. The molecule has 2 aliphatic carbocycles. The van der Waals surface area contributed by atoms with Gasteiger partial charge in [-0.2, -0.15) is 0 Å². The molecule has 0 aromatic heterocycles. The number of rotatable bonds is 0. The highest BCUT2D eigenvalue weighted by atomic mass is 16.5. The lowest BCUT2D eigenvalue weighted by Crippen LogP contribution is -2.53. The fraction of sp³-hybridized carbons (Fsp3) is 0.625. The van der Waals surface area contributed by atoms with Crippen LogP contribution in [-0.2, 0) is 19.1 Å². The standard InChI is InChI=1S/C16H18O4/c1-8-14-12(13(17)5-6-19-14)7-11-9-3-2-4-10(9)16(18)20-15(8)11/h5-6,8,11-12,14-15H,2-4,7H2,1H3. The van der Waals surface area contributed by atoms with Crippen LogP contribution in [0.3, 0.4) is 0 Å². The van der Waals surface area contributed by atoms with E-state index < -0.39 is 0 Å². The molecule has 0 spiro atoms. The van der Waals surface area contributed by atoms with Crippen LogP contribution in [0, 0.1) is 17.8 Å². The summed E-state index contributed by atoms with van der Waals surface area (Å²) in [7, 11) is 0. The SMILES string of the molecule is CC1C2OC=CC(=O)C2CC2C3=C(CCC3)C(=O)OC21. The second-order valence-corrected chi connectivity index (χ2v) is 6.34. The van der Waals surface area contributed by atoms with Crippen molar-refractivity contribution in [3.8, 4) is 0 Å². The molecule has 1 saturated carbocycles. The van der Waals surface area contributed by atoms with Gasteiger partial charge in [-0.15, -0.1) is 0 Å². The number of carbonyl (C=O) groups excluding carboxylic acids is 2. The maximum atomic E-state index is 12.1. The summed E-state index contributed by atoms with van der Waals surface area (Å²) in [5, 5.41) is 0. The van der Waals surface area contributed by atoms with E-state index in [9.17, 15) is 9.59 Å². The van der Waals surface area contributed by atoms with Gasteiger partial charge in [0.15, 0.2) is 5.78 Å². The number of hydrogen-bond acceptors (Lipinski definition) is 4. The summed E-state index contributed by atoms with van der Waals surface area (Å²) < 4.78 is 11.3. The summed E-state index contributed by atoms with van der Waals surface area (Å²) in [6, 6.07) is 0. The molecule has 5 atom stereocenters. The topological polar surface area (TPSA) is 52.6 Å². The number of carbonyl (C=O) groups is 2. The maximum absolute atomic E-state index is 12.1. The highest BCUT2D eigenvalue weighted by molar-refractivity contribution is 5.93. The fourth-order valence-corrected chi connectivity index (χ4v) is 4.41. The summed E-state index contributed by atoms with van der Waals surface area (Å²) in [6.45, 7) is 2.04. The molecule has 20 heavy (non-hydrogen) atoms. The Balaban J connectivity index is 1.73. The minimum Gasteiger partial charge on any atom is -0.497 e. The second-order valence-electron chi connectivity index (χ2n) is 6.34. The summed E-state index contributed by atoms with van der Waals surface area (Å²) >= 11 is 0. The van der Waals surface area contributed by atoms with Gasteiger partial charge in [0.25, 0.3) is 0 Å². The maximum Gasteiger partial charge on any atom is 0.334 e. The van der Waals surface area contributed by atoms with Crippen molar-refractivity contribution in [2.75, 3.05) is 0 Å². The first-order valence-corrected chi connectivity index (χ1v) is 7.45. The van der Waals surface area contributed by atoms with E-state index in [2.05, 4.69) is 0 Å². The summed E-state index contributed by atoms with van der Waals surface area (Å²) in [4.78, 5) is 24.2. The van der Waals surface area contributed by atoms with Crippen molar-refractivity contribution >= 4 is 11.8 Å². The zero-order valence-electron chi connectivity index (χ0n) is 11.5. The predicted molar refractivity (Wildman–Crippen MR) is 70.5 cm³/mol. The van der Waals surface area contributed by atoms with Gasteiger partial charge >= 0.3 is 5.97 Å². The molecule has 0 aromatic carbocycles. The average Bonchev–Trinajstić information content (AvgIpc) is 2.92. The Bertz CT molecular complexity index is 545. The molecule has 4 aliphatic rings. The van der Waals surface area contributed by atoms with Gasteiger partial charge < -0.3 is 9.47 Å². The molecule has 2 aliphatic heterocycles. The molecule has 0 saturated heterocycles. The van der Waals surface area contributed by atoms with Crippen LogP contribution in [0.5, 0.6) is 0 Å². The number of ketones is 1. The van der Waals surface area contributed by atoms with E-state index in [1.54, 1.807) is 0 Å². The normalized spacial score (nSPS) is 42.5. The average molecular weight is 274 g/mol.